The fourth-order valence-electron chi connectivity index (χ4n) is 2.62. The van der Waals surface area contributed by atoms with Gasteiger partial charge < -0.3 is 10.4 Å². The van der Waals surface area contributed by atoms with Crippen LogP contribution < -0.4 is 5.32 Å². The van der Waals surface area contributed by atoms with Gasteiger partial charge in [-0.05, 0) is 30.0 Å². The van der Waals surface area contributed by atoms with Crippen molar-refractivity contribution in [3.63, 3.8) is 0 Å². The third-order valence-corrected chi connectivity index (χ3v) is 3.97. The van der Waals surface area contributed by atoms with E-state index in [1.54, 1.807) is 0 Å². The van der Waals surface area contributed by atoms with E-state index in [2.05, 4.69) is 15.6 Å². The molecule has 1 aliphatic rings. The summed E-state index contributed by atoms with van der Waals surface area (Å²) in [4.78, 5) is 22.8. The number of nitrogens with zero attached hydrogens (tertiary/aromatic N) is 3. The average Bonchev–Trinajstić information content (AvgIpc) is 3.07. The number of carbonyl (C=O) groups is 2. The van der Waals surface area contributed by atoms with Gasteiger partial charge in [0, 0.05) is 5.02 Å². The normalized spacial score (nSPS) is 16.3. The Labute approximate surface area is 130 Å². The highest BCUT2D eigenvalue weighted by Gasteiger charge is 2.25. The van der Waals surface area contributed by atoms with Gasteiger partial charge in [0.15, 0.2) is 5.69 Å². The van der Waals surface area contributed by atoms with E-state index in [0.29, 0.717) is 0 Å². The maximum Gasteiger partial charge on any atom is 0.358 e. The van der Waals surface area contributed by atoms with Crippen LogP contribution >= 0.6 is 11.6 Å². The fraction of sp³-hybridized carbons (Fsp3) is 0.286. The van der Waals surface area contributed by atoms with Crippen molar-refractivity contribution in [3.8, 4) is 0 Å². The van der Waals surface area contributed by atoms with Gasteiger partial charge in [0.05, 0.1) is 12.2 Å². The van der Waals surface area contributed by atoms with Gasteiger partial charge in [-0.25, -0.2) is 9.48 Å². The second-order valence-corrected chi connectivity index (χ2v) is 5.48. The minimum absolute atomic E-state index is 0.0767. The van der Waals surface area contributed by atoms with Crippen LogP contribution in [0.5, 0.6) is 0 Å². The number of amides is 1. The van der Waals surface area contributed by atoms with Crippen LogP contribution in [0.1, 0.15) is 34.1 Å². The largest absolute Gasteiger partial charge is 0.476 e. The first-order chi connectivity index (χ1) is 10.5. The summed E-state index contributed by atoms with van der Waals surface area (Å²) in [6.07, 6.45) is 2.84. The van der Waals surface area contributed by atoms with Crippen LogP contribution in [0.15, 0.2) is 24.4 Å². The second-order valence-electron chi connectivity index (χ2n) is 5.07. The lowest BCUT2D eigenvalue weighted by atomic mass is 10.1. The molecule has 8 heteroatoms. The van der Waals surface area contributed by atoms with Gasteiger partial charge in [-0.15, -0.1) is 5.10 Å². The van der Waals surface area contributed by atoms with E-state index in [1.165, 1.54) is 10.9 Å². The van der Waals surface area contributed by atoms with Crippen LogP contribution in [0.4, 0.5) is 0 Å². The first-order valence-electron chi connectivity index (χ1n) is 6.74. The molecule has 0 saturated carbocycles. The van der Waals surface area contributed by atoms with E-state index in [4.69, 9.17) is 16.7 Å². The van der Waals surface area contributed by atoms with Gasteiger partial charge in [0.1, 0.15) is 6.54 Å². The first kappa shape index (κ1) is 14.5. The maximum atomic E-state index is 12.1. The summed E-state index contributed by atoms with van der Waals surface area (Å²) in [6, 6.07) is 5.58. The molecule has 2 aromatic rings. The second kappa shape index (κ2) is 5.76. The summed E-state index contributed by atoms with van der Waals surface area (Å²) in [7, 11) is 0. The van der Waals surface area contributed by atoms with Crippen LogP contribution in [-0.2, 0) is 17.8 Å². The Morgan fingerprint density at radius 2 is 2.27 bits per heavy atom. The molecule has 0 aliphatic heterocycles. The number of nitrogens with one attached hydrogen (secondary N) is 1. The van der Waals surface area contributed by atoms with Crippen LogP contribution in [0, 0.1) is 0 Å². The van der Waals surface area contributed by atoms with Crippen LogP contribution in [0.3, 0.4) is 0 Å². The highest BCUT2D eigenvalue weighted by molar-refractivity contribution is 6.31. The number of hydrogen-bond acceptors (Lipinski definition) is 4. The zero-order valence-electron chi connectivity index (χ0n) is 11.5. The van der Waals surface area contributed by atoms with Gasteiger partial charge in [-0.3, -0.25) is 4.79 Å². The number of aromatic nitrogens is 3. The van der Waals surface area contributed by atoms with Crippen molar-refractivity contribution in [1.29, 1.82) is 0 Å². The molecule has 1 aliphatic carbocycles. The lowest BCUT2D eigenvalue weighted by Crippen LogP contribution is -2.30. The number of carbonyl (C=O) groups excluding carboxylic acids is 1. The predicted octanol–water partition coefficient (Wildman–Crippen LogP) is 1.43. The van der Waals surface area contributed by atoms with Crippen LogP contribution in [0.2, 0.25) is 5.02 Å². The third-order valence-electron chi connectivity index (χ3n) is 3.61. The van der Waals surface area contributed by atoms with Crippen molar-refractivity contribution in [3.05, 3.63) is 46.2 Å². The van der Waals surface area contributed by atoms with Crippen molar-refractivity contribution in [1.82, 2.24) is 20.3 Å². The predicted molar refractivity (Wildman–Crippen MR) is 77.6 cm³/mol. The summed E-state index contributed by atoms with van der Waals surface area (Å²) >= 11 is 6.14. The van der Waals surface area contributed by atoms with E-state index in [1.807, 2.05) is 18.2 Å². The molecule has 1 atom stereocenters. The summed E-state index contributed by atoms with van der Waals surface area (Å²) in [5.74, 6) is -1.43. The number of rotatable bonds is 4. The topological polar surface area (TPSA) is 97.1 Å². The lowest BCUT2D eigenvalue weighted by Gasteiger charge is -2.14. The number of carboxylic acid groups (broad SMARTS) is 1. The Hall–Kier alpha value is -2.41. The average molecular weight is 321 g/mol. The number of fused-ring (bicyclic) bond motifs is 1. The molecular weight excluding hydrogens is 308 g/mol. The zero-order valence-corrected chi connectivity index (χ0v) is 12.2. The van der Waals surface area contributed by atoms with Crippen molar-refractivity contribution in [2.24, 2.45) is 0 Å². The molecule has 1 heterocycles. The molecule has 114 valence electrons. The van der Waals surface area contributed by atoms with Gasteiger partial charge >= 0.3 is 5.97 Å². The monoisotopic (exact) mass is 320 g/mol. The van der Waals surface area contributed by atoms with Crippen LogP contribution in [0.25, 0.3) is 0 Å². The molecule has 0 bridgehead atoms. The molecule has 1 amide bonds. The smallest absolute Gasteiger partial charge is 0.358 e. The van der Waals surface area contributed by atoms with Gasteiger partial charge in [0.2, 0.25) is 5.91 Å². The van der Waals surface area contributed by atoms with Crippen LogP contribution in [-0.4, -0.2) is 32.0 Å². The van der Waals surface area contributed by atoms with Gasteiger partial charge in [-0.2, -0.15) is 0 Å². The molecule has 0 spiro atoms. The lowest BCUT2D eigenvalue weighted by molar-refractivity contribution is -0.122. The molecule has 0 saturated heterocycles. The van der Waals surface area contributed by atoms with E-state index >= 15 is 0 Å². The highest BCUT2D eigenvalue weighted by Crippen LogP contribution is 2.35. The number of carboxylic acids is 1. The van der Waals surface area contributed by atoms with Gasteiger partial charge in [-0.1, -0.05) is 28.9 Å². The number of halogens is 1. The zero-order chi connectivity index (χ0) is 15.7. The Kier molecular flexibility index (Phi) is 3.81. The van der Waals surface area contributed by atoms with E-state index in [9.17, 15) is 9.59 Å². The molecule has 0 radical (unpaired) electrons. The Balaban J connectivity index is 1.66. The van der Waals surface area contributed by atoms with E-state index in [0.717, 1.165) is 29.0 Å². The quantitative estimate of drug-likeness (QED) is 0.888. The Morgan fingerprint density at radius 3 is 3.00 bits per heavy atom. The summed E-state index contributed by atoms with van der Waals surface area (Å²) in [5, 5.41) is 19.5. The fourth-order valence-corrected chi connectivity index (χ4v) is 2.90. The molecule has 0 fully saturated rings. The molecular formula is C14H13ClN4O3. The van der Waals surface area contributed by atoms with Crippen molar-refractivity contribution >= 4 is 23.5 Å². The van der Waals surface area contributed by atoms with E-state index in [-0.39, 0.29) is 24.2 Å². The molecule has 3 rings (SSSR count). The van der Waals surface area contributed by atoms with Gasteiger partial charge in [0.25, 0.3) is 0 Å². The Bertz CT molecular complexity index is 743. The number of hydrogen-bond donors (Lipinski definition) is 2. The summed E-state index contributed by atoms with van der Waals surface area (Å²) < 4.78 is 1.20. The molecule has 22 heavy (non-hydrogen) atoms. The van der Waals surface area contributed by atoms with E-state index < -0.39 is 5.97 Å². The highest BCUT2D eigenvalue weighted by atomic mass is 35.5. The molecule has 1 unspecified atom stereocenters. The minimum atomic E-state index is -1.17. The first-order valence-corrected chi connectivity index (χ1v) is 7.12. The standard InChI is InChI=1S/C14H13ClN4O3/c15-10-3-1-2-9-8(10)4-5-11(9)16-13(20)7-19-6-12(14(21)22)17-18-19/h1-3,6,11H,4-5,7H2,(H,16,20)(H,21,22). The molecule has 1 aromatic heterocycles. The maximum absolute atomic E-state index is 12.1. The Morgan fingerprint density at radius 1 is 1.45 bits per heavy atom. The molecule has 1 aromatic carbocycles. The van der Waals surface area contributed by atoms with Crippen molar-refractivity contribution in [2.75, 3.05) is 0 Å². The third kappa shape index (κ3) is 2.80. The summed E-state index contributed by atoms with van der Waals surface area (Å²) in [6.45, 7) is -0.0767. The number of aromatic carboxylic acids is 1. The van der Waals surface area contributed by atoms with Crippen molar-refractivity contribution in [2.45, 2.75) is 25.4 Å². The minimum Gasteiger partial charge on any atom is -0.476 e. The number of benzene rings is 1. The summed E-state index contributed by atoms with van der Waals surface area (Å²) in [5.41, 5.74) is 1.92. The molecule has 2 N–H and O–H groups in total. The molecule has 7 nitrogen and oxygen atoms in total. The van der Waals surface area contributed by atoms with Crippen molar-refractivity contribution < 1.29 is 14.7 Å². The SMILES string of the molecule is O=C(Cn1cc(C(=O)O)nn1)NC1CCc2c(Cl)cccc21.